The van der Waals surface area contributed by atoms with Crippen LogP contribution in [0.5, 0.6) is 0 Å². The number of nitro benzene ring substituents is 1. The average molecular weight is 316 g/mol. The van der Waals surface area contributed by atoms with Crippen molar-refractivity contribution >= 4 is 5.69 Å². The maximum absolute atomic E-state index is 11.1. The quantitative estimate of drug-likeness (QED) is 0.577. The van der Waals surface area contributed by atoms with Crippen molar-refractivity contribution in [3.05, 3.63) is 52.3 Å². The van der Waals surface area contributed by atoms with Crippen molar-refractivity contribution in [1.82, 2.24) is 5.32 Å². The van der Waals surface area contributed by atoms with E-state index < -0.39 is 4.92 Å². The molecule has 1 aromatic heterocycles. The first-order valence-electron chi connectivity index (χ1n) is 7.86. The molecule has 6 heteroatoms. The lowest BCUT2D eigenvalue weighted by Crippen LogP contribution is -2.31. The van der Waals surface area contributed by atoms with Crippen LogP contribution < -0.4 is 5.32 Å². The number of rotatable bonds is 8. The first kappa shape index (κ1) is 15.7. The Balaban J connectivity index is 1.70. The van der Waals surface area contributed by atoms with Crippen molar-refractivity contribution < 1.29 is 14.4 Å². The molecule has 1 saturated carbocycles. The van der Waals surface area contributed by atoms with E-state index >= 15 is 0 Å². The van der Waals surface area contributed by atoms with Gasteiger partial charge in [0.1, 0.15) is 11.5 Å². The Morgan fingerprint density at radius 3 is 2.78 bits per heavy atom. The van der Waals surface area contributed by atoms with Crippen LogP contribution in [0.25, 0.3) is 11.3 Å². The third-order valence-corrected chi connectivity index (χ3v) is 4.20. The average Bonchev–Trinajstić information content (AvgIpc) is 3.29. The molecule has 0 amide bonds. The van der Waals surface area contributed by atoms with Crippen LogP contribution in [0.2, 0.25) is 0 Å². The van der Waals surface area contributed by atoms with E-state index in [4.69, 9.17) is 9.52 Å². The van der Waals surface area contributed by atoms with Gasteiger partial charge in [0.05, 0.1) is 17.0 Å². The number of hydrogen-bond acceptors (Lipinski definition) is 5. The Labute approximate surface area is 134 Å². The predicted octanol–water partition coefficient (Wildman–Crippen LogP) is 3.11. The first-order valence-corrected chi connectivity index (χ1v) is 7.86. The Bertz CT molecular complexity index is 679. The minimum absolute atomic E-state index is 0.0393. The lowest BCUT2D eigenvalue weighted by Gasteiger charge is -2.15. The van der Waals surface area contributed by atoms with Crippen molar-refractivity contribution in [3.8, 4) is 11.3 Å². The van der Waals surface area contributed by atoms with Gasteiger partial charge in [-0.15, -0.1) is 0 Å². The highest BCUT2D eigenvalue weighted by atomic mass is 16.6. The number of hydrogen-bond donors (Lipinski definition) is 2. The van der Waals surface area contributed by atoms with Crippen molar-refractivity contribution in [2.75, 3.05) is 6.61 Å². The Morgan fingerprint density at radius 2 is 2.09 bits per heavy atom. The molecule has 23 heavy (non-hydrogen) atoms. The van der Waals surface area contributed by atoms with Crippen LogP contribution in [0.4, 0.5) is 5.69 Å². The molecule has 0 spiro atoms. The van der Waals surface area contributed by atoms with Crippen LogP contribution in [0, 0.1) is 16.0 Å². The summed E-state index contributed by atoms with van der Waals surface area (Å²) in [6.07, 6.45) is 3.15. The first-order chi connectivity index (χ1) is 11.2. The molecule has 0 saturated heterocycles. The molecule has 1 unspecified atom stereocenters. The number of nitro groups is 1. The molecule has 2 aromatic rings. The zero-order valence-corrected chi connectivity index (χ0v) is 12.8. The van der Waals surface area contributed by atoms with Crippen molar-refractivity contribution in [1.29, 1.82) is 0 Å². The van der Waals surface area contributed by atoms with Gasteiger partial charge < -0.3 is 14.8 Å². The van der Waals surface area contributed by atoms with Gasteiger partial charge in [-0.2, -0.15) is 0 Å². The van der Waals surface area contributed by atoms with Gasteiger partial charge in [-0.25, -0.2) is 0 Å². The Morgan fingerprint density at radius 1 is 1.30 bits per heavy atom. The summed E-state index contributed by atoms with van der Waals surface area (Å²) in [5, 5.41) is 23.6. The highest BCUT2D eigenvalue weighted by Crippen LogP contribution is 2.34. The molecule has 1 fully saturated rings. The fourth-order valence-electron chi connectivity index (χ4n) is 2.83. The molecule has 1 aliphatic carbocycles. The zero-order chi connectivity index (χ0) is 16.2. The summed E-state index contributed by atoms with van der Waals surface area (Å²) < 4.78 is 5.76. The minimum Gasteiger partial charge on any atom is -0.459 e. The highest BCUT2D eigenvalue weighted by Gasteiger charge is 2.30. The van der Waals surface area contributed by atoms with Crippen LogP contribution in [-0.4, -0.2) is 22.7 Å². The van der Waals surface area contributed by atoms with Gasteiger partial charge >= 0.3 is 0 Å². The third kappa shape index (κ3) is 3.78. The molecule has 1 aliphatic rings. The maximum Gasteiger partial charge on any atom is 0.280 e. The van der Waals surface area contributed by atoms with E-state index in [1.54, 1.807) is 24.3 Å². The zero-order valence-electron chi connectivity index (χ0n) is 12.8. The molecule has 1 heterocycles. The smallest absolute Gasteiger partial charge is 0.280 e. The molecule has 0 radical (unpaired) electrons. The van der Waals surface area contributed by atoms with Crippen LogP contribution in [0.15, 0.2) is 40.8 Å². The van der Waals surface area contributed by atoms with Gasteiger partial charge in [-0.05, 0) is 43.4 Å². The molecule has 2 N–H and O–H groups in total. The fraction of sp³-hybridized carbons (Fsp3) is 0.412. The van der Waals surface area contributed by atoms with Crippen molar-refractivity contribution in [3.63, 3.8) is 0 Å². The van der Waals surface area contributed by atoms with Crippen LogP contribution >= 0.6 is 0 Å². The van der Waals surface area contributed by atoms with E-state index in [9.17, 15) is 10.1 Å². The van der Waals surface area contributed by atoms with Gasteiger partial charge in [-0.3, -0.25) is 10.1 Å². The highest BCUT2D eigenvalue weighted by molar-refractivity contribution is 5.69. The number of aliphatic hydroxyl groups is 1. The molecular formula is C17H20N2O4. The molecule has 122 valence electrons. The fourth-order valence-corrected chi connectivity index (χ4v) is 2.83. The van der Waals surface area contributed by atoms with Gasteiger partial charge in [0.2, 0.25) is 0 Å². The minimum atomic E-state index is -0.403. The molecule has 0 bridgehead atoms. The lowest BCUT2D eigenvalue weighted by molar-refractivity contribution is -0.384. The van der Waals surface area contributed by atoms with E-state index in [1.807, 2.05) is 6.07 Å². The number of nitrogens with zero attached hydrogens (tertiary/aromatic N) is 1. The summed E-state index contributed by atoms with van der Waals surface area (Å²) in [5.41, 5.74) is 0.523. The predicted molar refractivity (Wildman–Crippen MR) is 85.9 cm³/mol. The van der Waals surface area contributed by atoms with Gasteiger partial charge in [0.25, 0.3) is 5.69 Å². The number of benzene rings is 1. The van der Waals surface area contributed by atoms with Gasteiger partial charge in [0.15, 0.2) is 0 Å². The van der Waals surface area contributed by atoms with Gasteiger partial charge in [0, 0.05) is 18.7 Å². The SMILES string of the molecule is O=[N+]([O-])c1ccccc1-c1ccc(CNC(CCO)C2CC2)o1. The summed E-state index contributed by atoms with van der Waals surface area (Å²) in [6, 6.07) is 10.5. The largest absolute Gasteiger partial charge is 0.459 e. The van der Waals surface area contributed by atoms with Crippen LogP contribution in [0.3, 0.4) is 0 Å². The lowest BCUT2D eigenvalue weighted by atomic mass is 10.1. The second-order valence-corrected chi connectivity index (χ2v) is 5.88. The normalized spacial score (nSPS) is 15.5. The number of aliphatic hydroxyl groups excluding tert-OH is 1. The van der Waals surface area contributed by atoms with E-state index in [2.05, 4.69) is 5.32 Å². The second kappa shape index (κ2) is 6.93. The summed E-state index contributed by atoms with van der Waals surface area (Å²) in [5.74, 6) is 1.88. The summed E-state index contributed by atoms with van der Waals surface area (Å²) in [7, 11) is 0. The molecule has 1 atom stereocenters. The van der Waals surface area contributed by atoms with Gasteiger partial charge in [-0.1, -0.05) is 12.1 Å². The van der Waals surface area contributed by atoms with E-state index in [1.165, 1.54) is 18.9 Å². The van der Waals surface area contributed by atoms with Crippen molar-refractivity contribution in [2.24, 2.45) is 5.92 Å². The van der Waals surface area contributed by atoms with E-state index in [-0.39, 0.29) is 12.3 Å². The Hall–Kier alpha value is -2.18. The monoisotopic (exact) mass is 316 g/mol. The Kier molecular flexibility index (Phi) is 4.73. The van der Waals surface area contributed by atoms with Crippen LogP contribution in [-0.2, 0) is 6.54 Å². The summed E-state index contributed by atoms with van der Waals surface area (Å²) >= 11 is 0. The summed E-state index contributed by atoms with van der Waals surface area (Å²) in [6.45, 7) is 0.732. The third-order valence-electron chi connectivity index (χ3n) is 4.20. The maximum atomic E-state index is 11.1. The van der Waals surface area contributed by atoms with E-state index in [0.29, 0.717) is 29.8 Å². The summed E-state index contributed by atoms with van der Waals surface area (Å²) in [4.78, 5) is 10.7. The molecule has 1 aromatic carbocycles. The molecule has 0 aliphatic heterocycles. The molecule has 6 nitrogen and oxygen atoms in total. The number of para-hydroxylation sites is 1. The molecule has 3 rings (SSSR count). The van der Waals surface area contributed by atoms with E-state index in [0.717, 1.165) is 12.2 Å². The standard InChI is InChI=1S/C17H20N2O4/c20-10-9-15(12-5-6-12)18-11-13-7-8-17(23-13)14-3-1-2-4-16(14)19(21)22/h1-4,7-8,12,15,18,20H,5-6,9-11H2. The topological polar surface area (TPSA) is 88.5 Å². The number of nitrogens with one attached hydrogen (secondary N) is 1. The number of furan rings is 1. The molecular weight excluding hydrogens is 296 g/mol. The van der Waals surface area contributed by atoms with Crippen molar-refractivity contribution in [2.45, 2.75) is 31.8 Å². The second-order valence-electron chi connectivity index (χ2n) is 5.88. The van der Waals surface area contributed by atoms with Crippen LogP contribution in [0.1, 0.15) is 25.0 Å².